The highest BCUT2D eigenvalue weighted by Gasteiger charge is 2.05. The van der Waals surface area contributed by atoms with Crippen LogP contribution in [-0.4, -0.2) is 16.8 Å². The Kier molecular flexibility index (Phi) is 2.11. The summed E-state index contributed by atoms with van der Waals surface area (Å²) in [5.74, 6) is 0.780. The summed E-state index contributed by atoms with van der Waals surface area (Å²) < 4.78 is 0. The van der Waals surface area contributed by atoms with Gasteiger partial charge in [0.15, 0.2) is 0 Å². The number of halogens is 1. The molecule has 0 spiro atoms. The highest BCUT2D eigenvalue weighted by atomic mass is 79.9. The van der Waals surface area contributed by atoms with Crippen molar-refractivity contribution in [1.82, 2.24) is 4.98 Å². The molecule has 54 valence electrons. The van der Waals surface area contributed by atoms with Gasteiger partial charge in [0.2, 0.25) is 0 Å². The van der Waals surface area contributed by atoms with Gasteiger partial charge in [0.1, 0.15) is 5.82 Å². The zero-order valence-electron chi connectivity index (χ0n) is 5.47. The second kappa shape index (κ2) is 2.88. The molecule has 4 heteroatoms. The number of H-pyrrole nitrogens is 1. The van der Waals surface area contributed by atoms with E-state index in [1.54, 1.807) is 13.2 Å². The molecule has 0 saturated heterocycles. The van der Waals surface area contributed by atoms with Gasteiger partial charge in [-0.2, -0.15) is 0 Å². The lowest BCUT2D eigenvalue weighted by Crippen LogP contribution is -2.19. The number of nitrogens with zero attached hydrogens (tertiary/aromatic N) is 1. The van der Waals surface area contributed by atoms with Crippen molar-refractivity contribution in [3.05, 3.63) is 18.3 Å². The van der Waals surface area contributed by atoms with Crippen LogP contribution < -0.4 is 4.90 Å². The predicted molar refractivity (Wildman–Crippen MR) is 43.5 cm³/mol. The lowest BCUT2D eigenvalue weighted by molar-refractivity contribution is 0.267. The third kappa shape index (κ3) is 1.39. The first-order valence-electron chi connectivity index (χ1n) is 2.78. The maximum absolute atomic E-state index is 10.7. The Balaban J connectivity index is 2.77. The number of anilines is 1. The monoisotopic (exact) mass is 202 g/mol. The smallest absolute Gasteiger partial charge is 0.294 e. The molecule has 1 N–H and O–H groups in total. The van der Waals surface area contributed by atoms with Gasteiger partial charge in [-0.3, -0.25) is 9.69 Å². The molecule has 1 rings (SSSR count). The Morgan fingerprint density at radius 3 is 2.90 bits per heavy atom. The van der Waals surface area contributed by atoms with Crippen LogP contribution in [0.15, 0.2) is 18.3 Å². The summed E-state index contributed by atoms with van der Waals surface area (Å²) >= 11 is 2.83. The van der Waals surface area contributed by atoms with Crippen molar-refractivity contribution in [2.24, 2.45) is 0 Å². The zero-order chi connectivity index (χ0) is 7.56. The van der Waals surface area contributed by atoms with E-state index in [4.69, 9.17) is 0 Å². The largest absolute Gasteiger partial charge is 0.348 e. The Labute approximate surface area is 67.2 Å². The number of aromatic nitrogens is 1. The van der Waals surface area contributed by atoms with Crippen LogP contribution in [0.3, 0.4) is 0 Å². The molecule has 0 saturated carbocycles. The number of hydrogen-bond acceptors (Lipinski definition) is 1. The standard InChI is InChI=1S/C6H7BrN2O/c1-9(6(7)10)5-3-2-4-8-5/h2-4,8H,1H3. The van der Waals surface area contributed by atoms with Gasteiger partial charge in [-0.05, 0) is 12.1 Å². The average Bonchev–Trinajstić information content (AvgIpc) is 2.36. The van der Waals surface area contributed by atoms with E-state index >= 15 is 0 Å². The Bertz CT molecular complexity index is 220. The first-order chi connectivity index (χ1) is 4.72. The van der Waals surface area contributed by atoms with Crippen molar-refractivity contribution in [1.29, 1.82) is 0 Å². The number of amides is 1. The molecule has 0 atom stereocenters. The molecule has 3 nitrogen and oxygen atoms in total. The topological polar surface area (TPSA) is 36.1 Å². The fraction of sp³-hybridized carbons (Fsp3) is 0.167. The van der Waals surface area contributed by atoms with E-state index in [1.807, 2.05) is 12.1 Å². The van der Waals surface area contributed by atoms with Crippen LogP contribution in [0.1, 0.15) is 0 Å². The number of carbonyl (C=O) groups is 1. The third-order valence-corrected chi connectivity index (χ3v) is 1.74. The first-order valence-corrected chi connectivity index (χ1v) is 3.57. The van der Waals surface area contributed by atoms with E-state index in [9.17, 15) is 4.79 Å². The lowest BCUT2D eigenvalue weighted by atomic mass is 10.6. The fourth-order valence-electron chi connectivity index (χ4n) is 0.624. The normalized spacial score (nSPS) is 9.40. The van der Waals surface area contributed by atoms with Crippen molar-refractivity contribution in [2.75, 3.05) is 11.9 Å². The molecular weight excluding hydrogens is 196 g/mol. The summed E-state index contributed by atoms with van der Waals surface area (Å²) in [5.41, 5.74) is 0. The molecule has 0 fully saturated rings. The second-order valence-corrected chi connectivity index (χ2v) is 2.55. The van der Waals surface area contributed by atoms with Crippen molar-refractivity contribution in [3.63, 3.8) is 0 Å². The highest BCUT2D eigenvalue weighted by molar-refractivity contribution is 9.18. The zero-order valence-corrected chi connectivity index (χ0v) is 7.05. The Hall–Kier alpha value is -0.770. The average molecular weight is 203 g/mol. The molecule has 1 aromatic heterocycles. The summed E-state index contributed by atoms with van der Waals surface area (Å²) in [4.78, 5) is 14.9. The summed E-state index contributed by atoms with van der Waals surface area (Å²) in [5, 5.41) is 0. The quantitative estimate of drug-likeness (QED) is 0.549. The van der Waals surface area contributed by atoms with Crippen LogP contribution in [0.5, 0.6) is 0 Å². The van der Waals surface area contributed by atoms with Crippen LogP contribution in [0.25, 0.3) is 0 Å². The highest BCUT2D eigenvalue weighted by Crippen LogP contribution is 2.10. The molecule has 0 aromatic carbocycles. The van der Waals surface area contributed by atoms with Crippen LogP contribution in [-0.2, 0) is 0 Å². The van der Waals surface area contributed by atoms with E-state index in [2.05, 4.69) is 20.9 Å². The minimum absolute atomic E-state index is 0.157. The molecule has 1 heterocycles. The molecule has 0 bridgehead atoms. The van der Waals surface area contributed by atoms with Crippen molar-refractivity contribution in [2.45, 2.75) is 0 Å². The molecule has 10 heavy (non-hydrogen) atoms. The Morgan fingerprint density at radius 1 is 1.80 bits per heavy atom. The van der Waals surface area contributed by atoms with Gasteiger partial charge in [0.25, 0.3) is 4.82 Å². The van der Waals surface area contributed by atoms with E-state index in [0.29, 0.717) is 0 Å². The van der Waals surface area contributed by atoms with E-state index in [-0.39, 0.29) is 4.82 Å². The van der Waals surface area contributed by atoms with Crippen LogP contribution in [0.2, 0.25) is 0 Å². The van der Waals surface area contributed by atoms with Gasteiger partial charge in [-0.15, -0.1) is 0 Å². The molecule has 1 aromatic rings. The number of aromatic amines is 1. The minimum atomic E-state index is -0.157. The number of nitrogens with one attached hydrogen (secondary N) is 1. The SMILES string of the molecule is CN(C(=O)Br)c1ccc[nH]1. The molecular formula is C6H7BrN2O. The van der Waals surface area contributed by atoms with Gasteiger partial charge in [0, 0.05) is 29.2 Å². The van der Waals surface area contributed by atoms with Gasteiger partial charge in [-0.25, -0.2) is 0 Å². The maximum atomic E-state index is 10.7. The third-order valence-electron chi connectivity index (χ3n) is 1.21. The summed E-state index contributed by atoms with van der Waals surface area (Å²) in [6.07, 6.45) is 1.77. The molecule has 0 radical (unpaired) electrons. The van der Waals surface area contributed by atoms with E-state index in [0.717, 1.165) is 5.82 Å². The molecule has 1 amide bonds. The van der Waals surface area contributed by atoms with Gasteiger partial charge < -0.3 is 4.98 Å². The summed E-state index contributed by atoms with van der Waals surface area (Å²) in [7, 11) is 1.68. The number of rotatable bonds is 1. The number of carbonyl (C=O) groups excluding carboxylic acids is 1. The maximum Gasteiger partial charge on any atom is 0.294 e. The minimum Gasteiger partial charge on any atom is -0.348 e. The lowest BCUT2D eigenvalue weighted by Gasteiger charge is -2.09. The molecule has 0 aliphatic heterocycles. The van der Waals surface area contributed by atoms with Gasteiger partial charge in [0.05, 0.1) is 0 Å². The summed E-state index contributed by atoms with van der Waals surface area (Å²) in [6, 6.07) is 3.65. The van der Waals surface area contributed by atoms with Crippen molar-refractivity contribution >= 4 is 26.6 Å². The molecule has 0 unspecified atom stereocenters. The predicted octanol–water partition coefficient (Wildman–Crippen LogP) is 1.97. The van der Waals surface area contributed by atoms with Crippen molar-refractivity contribution in [3.8, 4) is 0 Å². The summed E-state index contributed by atoms with van der Waals surface area (Å²) in [6.45, 7) is 0. The fourth-order valence-corrected chi connectivity index (χ4v) is 0.815. The molecule has 0 aliphatic carbocycles. The second-order valence-electron chi connectivity index (χ2n) is 1.87. The van der Waals surface area contributed by atoms with Gasteiger partial charge in [-0.1, -0.05) is 0 Å². The first kappa shape index (κ1) is 7.34. The molecule has 0 aliphatic rings. The number of hydrogen-bond donors (Lipinski definition) is 1. The van der Waals surface area contributed by atoms with Crippen molar-refractivity contribution < 1.29 is 4.79 Å². The van der Waals surface area contributed by atoms with Crippen LogP contribution in [0.4, 0.5) is 10.6 Å². The van der Waals surface area contributed by atoms with E-state index < -0.39 is 0 Å². The Morgan fingerprint density at radius 2 is 2.50 bits per heavy atom. The van der Waals surface area contributed by atoms with Crippen LogP contribution >= 0.6 is 15.9 Å². The van der Waals surface area contributed by atoms with Crippen LogP contribution in [0, 0.1) is 0 Å². The van der Waals surface area contributed by atoms with Gasteiger partial charge >= 0.3 is 0 Å². The van der Waals surface area contributed by atoms with E-state index in [1.165, 1.54) is 4.90 Å².